The smallest absolute Gasteiger partial charge is 0.164 e. The Labute approximate surface area is 294 Å². The number of hydrogen-bond donors (Lipinski definition) is 0. The number of nitrogens with zero attached hydrogens (tertiary/aromatic N) is 4. The van der Waals surface area contributed by atoms with E-state index in [0.717, 1.165) is 22.4 Å². The molecule has 51 heavy (non-hydrogen) atoms. The largest absolute Gasteiger partial charge is 0.309 e. The quantitative estimate of drug-likeness (QED) is 0.191. The monoisotopic (exact) mass is 648 g/mol. The molecule has 0 unspecified atom stereocenters. The van der Waals surface area contributed by atoms with E-state index in [-0.39, 0.29) is 0 Å². The molecule has 0 radical (unpaired) electrons. The normalized spacial score (nSPS) is 11.9. The number of hydrogen-bond acceptors (Lipinski definition) is 3. The third-order valence-corrected chi connectivity index (χ3v) is 10.3. The first-order valence-corrected chi connectivity index (χ1v) is 17.3. The van der Waals surface area contributed by atoms with E-state index in [1.54, 1.807) is 0 Å². The van der Waals surface area contributed by atoms with Gasteiger partial charge in [0.05, 0.1) is 11.0 Å². The van der Waals surface area contributed by atoms with Gasteiger partial charge in [0.2, 0.25) is 0 Å². The Bertz CT molecular complexity index is 2960. The number of aromatic nitrogens is 4. The first kappa shape index (κ1) is 28.0. The van der Waals surface area contributed by atoms with Crippen LogP contribution in [0.2, 0.25) is 0 Å². The maximum atomic E-state index is 5.07. The van der Waals surface area contributed by atoms with Crippen molar-refractivity contribution in [1.29, 1.82) is 0 Å². The van der Waals surface area contributed by atoms with Crippen molar-refractivity contribution in [2.24, 2.45) is 0 Å². The van der Waals surface area contributed by atoms with Gasteiger partial charge in [-0.25, -0.2) is 15.0 Å². The van der Waals surface area contributed by atoms with Crippen LogP contribution < -0.4 is 0 Å². The van der Waals surface area contributed by atoms with Crippen LogP contribution in [-0.4, -0.2) is 19.5 Å². The van der Waals surface area contributed by atoms with E-state index >= 15 is 0 Å². The van der Waals surface area contributed by atoms with Gasteiger partial charge in [-0.1, -0.05) is 152 Å². The molecule has 0 fully saturated rings. The highest BCUT2D eigenvalue weighted by molar-refractivity contribution is 6.31. The number of benzene rings is 8. The summed E-state index contributed by atoms with van der Waals surface area (Å²) >= 11 is 0. The maximum Gasteiger partial charge on any atom is 0.164 e. The highest BCUT2D eigenvalue weighted by Gasteiger charge is 2.26. The molecule has 1 aliphatic carbocycles. The van der Waals surface area contributed by atoms with Crippen LogP contribution in [0.25, 0.3) is 105 Å². The van der Waals surface area contributed by atoms with E-state index in [1.807, 2.05) is 60.7 Å². The first-order valence-electron chi connectivity index (χ1n) is 17.3. The summed E-state index contributed by atoms with van der Waals surface area (Å²) in [5.41, 5.74) is 11.4. The lowest BCUT2D eigenvalue weighted by Crippen LogP contribution is -2.01. The van der Waals surface area contributed by atoms with Crippen LogP contribution in [0.1, 0.15) is 0 Å². The van der Waals surface area contributed by atoms with Crippen molar-refractivity contribution in [3.63, 3.8) is 0 Å². The third-order valence-electron chi connectivity index (χ3n) is 10.3. The van der Waals surface area contributed by atoms with E-state index in [9.17, 15) is 0 Å². The van der Waals surface area contributed by atoms with Crippen molar-refractivity contribution >= 4 is 43.4 Å². The summed E-state index contributed by atoms with van der Waals surface area (Å²) < 4.78 is 2.46. The zero-order chi connectivity index (χ0) is 33.5. The van der Waals surface area contributed by atoms with Gasteiger partial charge in [0.1, 0.15) is 0 Å². The van der Waals surface area contributed by atoms with Crippen LogP contribution in [0.4, 0.5) is 0 Å². The molecule has 0 saturated carbocycles. The van der Waals surface area contributed by atoms with Gasteiger partial charge < -0.3 is 4.57 Å². The van der Waals surface area contributed by atoms with E-state index in [0.29, 0.717) is 17.5 Å². The zero-order valence-electron chi connectivity index (χ0n) is 27.5. The second kappa shape index (κ2) is 10.8. The Balaban J connectivity index is 1.21. The van der Waals surface area contributed by atoms with Crippen LogP contribution in [0, 0.1) is 0 Å². The van der Waals surface area contributed by atoms with Gasteiger partial charge in [-0.2, -0.15) is 0 Å². The fourth-order valence-corrected chi connectivity index (χ4v) is 8.13. The fraction of sp³-hybridized carbons (Fsp3) is 0. The van der Waals surface area contributed by atoms with Crippen LogP contribution in [0.3, 0.4) is 0 Å². The highest BCUT2D eigenvalue weighted by atomic mass is 15.0. The van der Waals surface area contributed by atoms with E-state index in [2.05, 4.69) is 114 Å². The Morgan fingerprint density at radius 1 is 0.353 bits per heavy atom. The number of fused-ring (bicyclic) bond motifs is 9. The molecular weight excluding hydrogens is 621 g/mol. The molecule has 236 valence electrons. The maximum absolute atomic E-state index is 5.07. The molecule has 0 atom stereocenters. The summed E-state index contributed by atoms with van der Waals surface area (Å²) in [4.78, 5) is 15.1. The van der Waals surface area contributed by atoms with Gasteiger partial charge >= 0.3 is 0 Å². The molecule has 0 bridgehead atoms. The van der Waals surface area contributed by atoms with Crippen LogP contribution in [0.5, 0.6) is 0 Å². The molecule has 0 spiro atoms. The molecule has 4 nitrogen and oxygen atoms in total. The van der Waals surface area contributed by atoms with Gasteiger partial charge in [-0.05, 0) is 56.6 Å². The molecule has 4 heteroatoms. The van der Waals surface area contributed by atoms with Crippen molar-refractivity contribution in [2.45, 2.75) is 0 Å². The summed E-state index contributed by atoms with van der Waals surface area (Å²) in [6.07, 6.45) is 0. The zero-order valence-corrected chi connectivity index (χ0v) is 27.5. The minimum absolute atomic E-state index is 0.637. The lowest BCUT2D eigenvalue weighted by Gasteiger charge is -2.13. The summed E-state index contributed by atoms with van der Waals surface area (Å²) in [6.45, 7) is 0. The van der Waals surface area contributed by atoms with Crippen LogP contribution >= 0.6 is 0 Å². The van der Waals surface area contributed by atoms with Gasteiger partial charge in [-0.3, -0.25) is 0 Å². The summed E-state index contributed by atoms with van der Waals surface area (Å²) in [7, 11) is 0. The topological polar surface area (TPSA) is 43.6 Å². The van der Waals surface area contributed by atoms with Crippen LogP contribution in [-0.2, 0) is 0 Å². The van der Waals surface area contributed by atoms with E-state index in [1.165, 1.54) is 65.6 Å². The molecule has 8 aromatic carbocycles. The molecule has 0 N–H and O–H groups in total. The fourth-order valence-electron chi connectivity index (χ4n) is 8.13. The predicted molar refractivity (Wildman–Crippen MR) is 210 cm³/mol. The standard InChI is InChI=1S/C47H28N4/c1-3-14-30(15-4-1)45-48-46(31-16-5-2-6-17-31)50-47(49-45)32-18-11-19-33(27-32)51-41-28-40-36-22-10-9-21-35(36)37-23-12-24-38(42(37)40)43(41)39-26-25-29-13-7-8-20-34(29)44(39)51/h1-28H. The molecule has 1 aliphatic rings. The third kappa shape index (κ3) is 4.17. The molecule has 0 saturated heterocycles. The molecule has 2 aromatic heterocycles. The van der Waals surface area contributed by atoms with Gasteiger partial charge in [-0.15, -0.1) is 0 Å². The second-order valence-electron chi connectivity index (χ2n) is 13.2. The van der Waals surface area contributed by atoms with Crippen molar-refractivity contribution in [3.05, 3.63) is 170 Å². The average Bonchev–Trinajstić information content (AvgIpc) is 3.72. The Kier molecular flexibility index (Phi) is 5.92. The SMILES string of the molecule is c1ccc(-c2nc(-c3ccccc3)nc(-c3cccc(-n4c5cc6c7c(cccc7c5c5ccc7ccccc7c54)-c4ccccc4-6)c3)n2)cc1. The molecule has 10 aromatic rings. The average molecular weight is 649 g/mol. The van der Waals surface area contributed by atoms with Gasteiger partial charge in [0, 0.05) is 38.5 Å². The van der Waals surface area contributed by atoms with Crippen molar-refractivity contribution in [2.75, 3.05) is 0 Å². The van der Waals surface area contributed by atoms with Gasteiger partial charge in [0.25, 0.3) is 0 Å². The molecule has 0 aliphatic heterocycles. The van der Waals surface area contributed by atoms with E-state index < -0.39 is 0 Å². The van der Waals surface area contributed by atoms with E-state index in [4.69, 9.17) is 15.0 Å². The Hall–Kier alpha value is -6.91. The van der Waals surface area contributed by atoms with Gasteiger partial charge in [0.15, 0.2) is 17.5 Å². The van der Waals surface area contributed by atoms with Crippen molar-refractivity contribution < 1.29 is 0 Å². The van der Waals surface area contributed by atoms with Crippen LogP contribution in [0.15, 0.2) is 170 Å². The minimum atomic E-state index is 0.637. The van der Waals surface area contributed by atoms with Crippen molar-refractivity contribution in [1.82, 2.24) is 19.5 Å². The molecule has 11 rings (SSSR count). The minimum Gasteiger partial charge on any atom is -0.309 e. The molecule has 2 heterocycles. The molecule has 0 amide bonds. The summed E-state index contributed by atoms with van der Waals surface area (Å²) in [5, 5.41) is 7.56. The first-order chi connectivity index (χ1) is 25.3. The Morgan fingerprint density at radius 2 is 0.922 bits per heavy atom. The number of rotatable bonds is 4. The lowest BCUT2D eigenvalue weighted by molar-refractivity contribution is 1.07. The predicted octanol–water partition coefficient (Wildman–Crippen LogP) is 11.9. The second-order valence-corrected chi connectivity index (χ2v) is 13.2. The van der Waals surface area contributed by atoms with Crippen molar-refractivity contribution in [3.8, 4) is 62.1 Å². The lowest BCUT2D eigenvalue weighted by atomic mass is 9.97. The summed E-state index contributed by atoms with van der Waals surface area (Å²) in [5.74, 6) is 1.94. The highest BCUT2D eigenvalue weighted by Crippen LogP contribution is 2.51. The Morgan fingerprint density at radius 3 is 1.67 bits per heavy atom. The summed E-state index contributed by atoms with van der Waals surface area (Å²) in [6, 6.07) is 60.2. The molecular formula is C47H28N4.